The molecule has 1 N–H and O–H groups in total. The summed E-state index contributed by atoms with van der Waals surface area (Å²) in [7, 11) is 2.48. The number of anilines is 1. The van der Waals surface area contributed by atoms with Gasteiger partial charge in [-0.05, 0) is 48.6 Å². The first-order valence-corrected chi connectivity index (χ1v) is 15.3. The topological polar surface area (TPSA) is 120 Å². The highest BCUT2D eigenvalue weighted by Crippen LogP contribution is 2.65. The van der Waals surface area contributed by atoms with Crippen LogP contribution in [0.25, 0.3) is 0 Å². The zero-order valence-electron chi connectivity index (χ0n) is 24.2. The van der Waals surface area contributed by atoms with Crippen molar-refractivity contribution in [3.8, 4) is 5.75 Å². The Morgan fingerprint density at radius 3 is 2.35 bits per heavy atom. The standard InChI is InChI=1S/C30H26Cl3F3N4O6/c1-38-26(44)28(32)13-18-16(22(29(28,33)27(38)45)14-3-5-15(6-4-14)46-12-11-41)7-8-17-21(18)25(43)40(24(17)42)39(2)23-19(31)9-10-20(37-23)30(34,35)36/h3-7,9-10,17-18,21-22,41H,8,11-13H2,1-2H3/t17-,18+,21-,22-,28+,29-/m0/s1. The van der Waals surface area contributed by atoms with Crippen molar-refractivity contribution in [3.63, 3.8) is 0 Å². The number of fused-ring (bicyclic) bond motifs is 4. The van der Waals surface area contributed by atoms with Crippen LogP contribution < -0.4 is 9.75 Å². The minimum atomic E-state index is -4.81. The van der Waals surface area contributed by atoms with E-state index in [1.807, 2.05) is 0 Å². The average molecular weight is 702 g/mol. The maximum atomic E-state index is 14.2. The SMILES string of the molecule is CN1C(=O)[C@]2(Cl)C[C@@H]3C(=CC[C@@H]4C(=O)N(N(C)c5nc(C(F)(F)F)ccc5Cl)C(=O)[C@@H]43)[C@H](c3ccc(OCCO)cc3)[C@]2(Cl)C1=O. The van der Waals surface area contributed by atoms with E-state index >= 15 is 0 Å². The molecule has 6 rings (SSSR count). The molecule has 0 radical (unpaired) electrons. The summed E-state index contributed by atoms with van der Waals surface area (Å²) < 4.78 is 45.8. The molecule has 16 heteroatoms. The van der Waals surface area contributed by atoms with Crippen molar-refractivity contribution >= 4 is 64.2 Å². The van der Waals surface area contributed by atoms with E-state index < -0.39 is 74.7 Å². The first-order chi connectivity index (χ1) is 21.6. The first-order valence-electron chi connectivity index (χ1n) is 14.2. The molecular formula is C30H26Cl3F3N4O6. The maximum Gasteiger partial charge on any atom is 0.433 e. The molecule has 244 valence electrons. The molecule has 3 heterocycles. The van der Waals surface area contributed by atoms with Crippen molar-refractivity contribution in [1.82, 2.24) is 14.9 Å². The molecule has 0 spiro atoms. The summed E-state index contributed by atoms with van der Waals surface area (Å²) in [5.74, 6) is -6.83. The summed E-state index contributed by atoms with van der Waals surface area (Å²) in [6.45, 7) is -0.164. The molecule has 46 heavy (non-hydrogen) atoms. The fraction of sp³-hybridized carbons (Fsp3) is 0.433. The smallest absolute Gasteiger partial charge is 0.433 e. The number of alkyl halides is 5. The van der Waals surface area contributed by atoms with Crippen molar-refractivity contribution in [2.45, 2.75) is 34.7 Å². The number of imide groups is 2. The van der Waals surface area contributed by atoms with Crippen LogP contribution in [0, 0.1) is 17.8 Å². The Bertz CT molecular complexity index is 1690. The number of carbonyl (C=O) groups is 4. The third-order valence-corrected chi connectivity index (χ3v) is 11.0. The molecule has 2 aromatic rings. The summed E-state index contributed by atoms with van der Waals surface area (Å²) in [6, 6.07) is 8.17. The molecule has 3 fully saturated rings. The van der Waals surface area contributed by atoms with Crippen molar-refractivity contribution in [2.24, 2.45) is 17.8 Å². The second-order valence-electron chi connectivity index (χ2n) is 11.7. The zero-order valence-corrected chi connectivity index (χ0v) is 26.5. The van der Waals surface area contributed by atoms with Gasteiger partial charge in [0.1, 0.15) is 18.1 Å². The molecule has 0 bridgehead atoms. The van der Waals surface area contributed by atoms with Crippen LogP contribution in [0.3, 0.4) is 0 Å². The number of allylic oxidation sites excluding steroid dienone is 2. The summed E-state index contributed by atoms with van der Waals surface area (Å²) in [6.07, 6.45) is -3.29. The number of pyridine rings is 1. The quantitative estimate of drug-likeness (QED) is 0.271. The highest BCUT2D eigenvalue weighted by Gasteiger charge is 2.76. The number of aliphatic hydroxyl groups excluding tert-OH is 1. The Kier molecular flexibility index (Phi) is 7.86. The zero-order chi connectivity index (χ0) is 33.5. The highest BCUT2D eigenvalue weighted by molar-refractivity contribution is 6.53. The molecule has 4 aliphatic rings. The van der Waals surface area contributed by atoms with Gasteiger partial charge in [-0.15, -0.1) is 23.2 Å². The number of hydrogen-bond donors (Lipinski definition) is 1. The molecule has 1 aromatic carbocycles. The van der Waals surface area contributed by atoms with Crippen molar-refractivity contribution < 1.29 is 42.2 Å². The molecule has 0 unspecified atom stereocenters. The number of halogens is 6. The fourth-order valence-corrected chi connectivity index (χ4v) is 8.48. The minimum Gasteiger partial charge on any atom is -0.491 e. The third-order valence-electron chi connectivity index (χ3n) is 9.29. The lowest BCUT2D eigenvalue weighted by molar-refractivity contribution is -0.141. The summed E-state index contributed by atoms with van der Waals surface area (Å²) in [4.78, 5) is 55.7. The monoisotopic (exact) mass is 700 g/mol. The van der Waals surface area contributed by atoms with Crippen molar-refractivity contribution in [2.75, 3.05) is 32.3 Å². The molecule has 1 aromatic heterocycles. The lowest BCUT2D eigenvalue weighted by atomic mass is 9.56. The highest BCUT2D eigenvalue weighted by atomic mass is 35.5. The number of benzene rings is 1. The van der Waals surface area contributed by atoms with E-state index in [1.165, 1.54) is 14.1 Å². The molecule has 10 nitrogen and oxygen atoms in total. The minimum absolute atomic E-state index is 0.0450. The van der Waals surface area contributed by atoms with Crippen molar-refractivity contribution in [3.05, 3.63) is 64.3 Å². The number of aromatic nitrogens is 1. The second kappa shape index (κ2) is 11.1. The number of likely N-dealkylation sites (tertiary alicyclic amines) is 1. The van der Waals surface area contributed by atoms with Crippen LogP contribution in [0.1, 0.15) is 30.0 Å². The number of hydrogen-bond acceptors (Lipinski definition) is 8. The number of aliphatic hydroxyl groups is 1. The van der Waals surface area contributed by atoms with Gasteiger partial charge in [0, 0.05) is 20.0 Å². The van der Waals surface area contributed by atoms with Crippen molar-refractivity contribution in [1.29, 1.82) is 0 Å². The summed E-state index contributed by atoms with van der Waals surface area (Å²) in [5, 5.41) is 10.5. The lowest BCUT2D eigenvalue weighted by Gasteiger charge is -2.50. The predicted octanol–water partition coefficient (Wildman–Crippen LogP) is 4.16. The molecule has 2 aliphatic heterocycles. The Morgan fingerprint density at radius 2 is 1.72 bits per heavy atom. The van der Waals surface area contributed by atoms with Gasteiger partial charge >= 0.3 is 6.18 Å². The van der Waals surface area contributed by atoms with Gasteiger partial charge in [0.25, 0.3) is 23.6 Å². The van der Waals surface area contributed by atoms with E-state index in [0.29, 0.717) is 23.0 Å². The van der Waals surface area contributed by atoms with Gasteiger partial charge in [0.2, 0.25) is 0 Å². The van der Waals surface area contributed by atoms with Crippen LogP contribution in [0.5, 0.6) is 5.75 Å². The Labute approximate surface area is 275 Å². The van der Waals surface area contributed by atoms with Crippen LogP contribution >= 0.6 is 34.8 Å². The molecule has 6 atom stereocenters. The van der Waals surface area contributed by atoms with Gasteiger partial charge in [-0.1, -0.05) is 35.4 Å². The third kappa shape index (κ3) is 4.53. The van der Waals surface area contributed by atoms with E-state index in [0.717, 1.165) is 21.0 Å². The van der Waals surface area contributed by atoms with E-state index in [1.54, 1.807) is 30.3 Å². The van der Waals surface area contributed by atoms with E-state index in [-0.39, 0.29) is 31.1 Å². The number of amides is 4. The normalized spacial score (nSPS) is 30.7. The largest absolute Gasteiger partial charge is 0.491 e. The molecule has 1 saturated carbocycles. The number of hydrazine groups is 1. The fourth-order valence-electron chi connectivity index (χ4n) is 7.23. The van der Waals surface area contributed by atoms with E-state index in [2.05, 4.69) is 4.98 Å². The van der Waals surface area contributed by atoms with Crippen LogP contribution in [0.2, 0.25) is 5.02 Å². The lowest BCUT2D eigenvalue weighted by Crippen LogP contribution is -2.60. The number of ether oxygens (including phenoxy) is 1. The predicted molar refractivity (Wildman–Crippen MR) is 159 cm³/mol. The number of rotatable bonds is 6. The van der Waals surface area contributed by atoms with E-state index in [4.69, 9.17) is 44.6 Å². The van der Waals surface area contributed by atoms with Gasteiger partial charge in [-0.3, -0.25) is 29.1 Å². The van der Waals surface area contributed by atoms with Gasteiger partial charge in [0.05, 0.1) is 23.5 Å². The number of carbonyl (C=O) groups excluding carboxylic acids is 4. The average Bonchev–Trinajstić information content (AvgIpc) is 3.34. The Balaban J connectivity index is 1.42. The van der Waals surface area contributed by atoms with Crippen LogP contribution in [-0.2, 0) is 25.4 Å². The van der Waals surface area contributed by atoms with Crippen LogP contribution in [0.4, 0.5) is 19.0 Å². The van der Waals surface area contributed by atoms with Crippen LogP contribution in [0.15, 0.2) is 48.0 Å². The Morgan fingerprint density at radius 1 is 1.04 bits per heavy atom. The summed E-state index contributed by atoms with van der Waals surface area (Å²) >= 11 is 20.5. The second-order valence-corrected chi connectivity index (χ2v) is 13.3. The van der Waals surface area contributed by atoms with Gasteiger partial charge in [0.15, 0.2) is 15.6 Å². The van der Waals surface area contributed by atoms with E-state index in [9.17, 15) is 32.3 Å². The molecule has 2 aliphatic carbocycles. The summed E-state index contributed by atoms with van der Waals surface area (Å²) in [5.41, 5.74) is -0.236. The first kappa shape index (κ1) is 32.5. The van der Waals surface area contributed by atoms with Gasteiger partial charge < -0.3 is 9.84 Å². The van der Waals surface area contributed by atoms with Crippen LogP contribution in [-0.4, -0.2) is 80.7 Å². The number of nitrogens with zero attached hydrogens (tertiary/aromatic N) is 4. The van der Waals surface area contributed by atoms with Gasteiger partial charge in [-0.2, -0.15) is 18.2 Å². The molecule has 4 amide bonds. The molecule has 2 saturated heterocycles. The Hall–Kier alpha value is -3.39. The van der Waals surface area contributed by atoms with Gasteiger partial charge in [-0.25, -0.2) is 4.98 Å². The molecular weight excluding hydrogens is 676 g/mol. The maximum absolute atomic E-state index is 14.2.